The average molecular weight is 307 g/mol. The van der Waals surface area contributed by atoms with Crippen molar-refractivity contribution >= 4 is 11.6 Å². The van der Waals surface area contributed by atoms with Crippen LogP contribution in [0.3, 0.4) is 0 Å². The molecule has 1 aromatic heterocycles. The molecule has 0 unspecified atom stereocenters. The van der Waals surface area contributed by atoms with Gasteiger partial charge in [0.05, 0.1) is 17.8 Å². The summed E-state index contributed by atoms with van der Waals surface area (Å²) in [5.74, 6) is 0.175. The number of pyridine rings is 1. The van der Waals surface area contributed by atoms with E-state index < -0.39 is 0 Å². The highest BCUT2D eigenvalue weighted by Crippen LogP contribution is 2.32. The lowest BCUT2D eigenvalue weighted by Crippen LogP contribution is -2.43. The first-order valence-electron chi connectivity index (χ1n) is 8.29. The molecule has 3 heterocycles. The number of carbonyl (C=O) groups excluding carboxylic acids is 1. The monoisotopic (exact) mass is 307 g/mol. The molecule has 0 atom stereocenters. The second-order valence-electron chi connectivity index (χ2n) is 6.48. The Labute approximate surface area is 136 Å². The van der Waals surface area contributed by atoms with Crippen molar-refractivity contribution in [2.24, 2.45) is 0 Å². The van der Waals surface area contributed by atoms with Crippen LogP contribution in [0, 0.1) is 6.92 Å². The van der Waals surface area contributed by atoms with E-state index in [9.17, 15) is 4.79 Å². The van der Waals surface area contributed by atoms with E-state index in [0.29, 0.717) is 6.42 Å². The van der Waals surface area contributed by atoms with Crippen molar-refractivity contribution in [3.63, 3.8) is 0 Å². The molecule has 4 heteroatoms. The van der Waals surface area contributed by atoms with E-state index in [1.165, 1.54) is 12.0 Å². The van der Waals surface area contributed by atoms with Crippen LogP contribution in [-0.4, -0.2) is 42.0 Å². The minimum atomic E-state index is 0.175. The molecule has 0 bridgehead atoms. The number of carbonyl (C=O) groups is 1. The number of hydrogen-bond acceptors (Lipinski definition) is 3. The Morgan fingerprint density at radius 1 is 1.13 bits per heavy atom. The third kappa shape index (κ3) is 2.75. The van der Waals surface area contributed by atoms with Gasteiger partial charge >= 0.3 is 0 Å². The number of fused-ring (bicyclic) bond motifs is 1. The highest BCUT2D eigenvalue weighted by molar-refractivity contribution is 6.01. The second kappa shape index (κ2) is 5.78. The fraction of sp³-hybridized carbons (Fsp3) is 0.368. The van der Waals surface area contributed by atoms with Crippen LogP contribution in [0.25, 0.3) is 11.1 Å². The Morgan fingerprint density at radius 2 is 2.00 bits per heavy atom. The van der Waals surface area contributed by atoms with Crippen LogP contribution < -0.4 is 4.90 Å². The largest absolute Gasteiger partial charge is 0.309 e. The van der Waals surface area contributed by atoms with Crippen LogP contribution in [0.1, 0.15) is 17.7 Å². The van der Waals surface area contributed by atoms with E-state index in [4.69, 9.17) is 0 Å². The molecule has 23 heavy (non-hydrogen) atoms. The molecule has 2 aliphatic rings. The zero-order valence-corrected chi connectivity index (χ0v) is 13.5. The quantitative estimate of drug-likeness (QED) is 0.871. The van der Waals surface area contributed by atoms with Crippen LogP contribution in [0.2, 0.25) is 0 Å². The number of likely N-dealkylation sites (tertiary alicyclic amines) is 1. The summed E-state index contributed by atoms with van der Waals surface area (Å²) in [7, 11) is 0. The lowest BCUT2D eigenvalue weighted by molar-refractivity contribution is -0.117. The zero-order chi connectivity index (χ0) is 15.8. The number of anilines is 1. The number of amides is 1. The molecule has 0 radical (unpaired) electrons. The molecule has 118 valence electrons. The summed E-state index contributed by atoms with van der Waals surface area (Å²) in [6.45, 7) is 6.14. The first-order chi connectivity index (χ1) is 11.2. The van der Waals surface area contributed by atoms with Gasteiger partial charge in [0.1, 0.15) is 0 Å². The van der Waals surface area contributed by atoms with Gasteiger partial charge in [0.25, 0.3) is 0 Å². The first-order valence-corrected chi connectivity index (χ1v) is 8.29. The maximum absolute atomic E-state index is 12.3. The number of benzene rings is 1. The van der Waals surface area contributed by atoms with Gasteiger partial charge in [-0.25, -0.2) is 0 Å². The van der Waals surface area contributed by atoms with Crippen molar-refractivity contribution in [3.8, 4) is 11.1 Å². The first kappa shape index (κ1) is 14.4. The van der Waals surface area contributed by atoms with Crippen LogP contribution in [0.15, 0.2) is 36.5 Å². The van der Waals surface area contributed by atoms with Gasteiger partial charge in [-0.05, 0) is 38.1 Å². The van der Waals surface area contributed by atoms with Gasteiger partial charge in [-0.15, -0.1) is 0 Å². The predicted molar refractivity (Wildman–Crippen MR) is 91.5 cm³/mol. The van der Waals surface area contributed by atoms with E-state index >= 15 is 0 Å². The zero-order valence-electron chi connectivity index (χ0n) is 13.5. The van der Waals surface area contributed by atoms with E-state index in [1.54, 1.807) is 0 Å². The predicted octanol–water partition coefficient (Wildman–Crippen LogP) is 2.65. The molecule has 1 saturated heterocycles. The Hall–Kier alpha value is -2.20. The SMILES string of the molecule is Cc1cccc(-c2cnc3c(c2)N(CCN2CCC2)C(=O)C3)c1. The number of hydrogen-bond donors (Lipinski definition) is 0. The summed E-state index contributed by atoms with van der Waals surface area (Å²) in [6, 6.07) is 10.5. The Kier molecular flexibility index (Phi) is 3.62. The maximum Gasteiger partial charge on any atom is 0.233 e. The summed E-state index contributed by atoms with van der Waals surface area (Å²) in [5, 5.41) is 0. The van der Waals surface area contributed by atoms with Gasteiger partial charge in [-0.3, -0.25) is 9.78 Å². The van der Waals surface area contributed by atoms with E-state index in [2.05, 4.69) is 47.1 Å². The van der Waals surface area contributed by atoms with Gasteiger partial charge in [-0.1, -0.05) is 29.8 Å². The molecule has 2 aromatic rings. The van der Waals surface area contributed by atoms with E-state index in [-0.39, 0.29) is 5.91 Å². The highest BCUT2D eigenvalue weighted by atomic mass is 16.2. The molecular weight excluding hydrogens is 286 g/mol. The topological polar surface area (TPSA) is 36.4 Å². The lowest BCUT2D eigenvalue weighted by atomic mass is 10.0. The normalized spacial score (nSPS) is 17.3. The Bertz CT molecular complexity index is 752. The molecule has 0 N–H and O–H groups in total. The smallest absolute Gasteiger partial charge is 0.233 e. The molecular formula is C19H21N3O. The van der Waals surface area contributed by atoms with Crippen LogP contribution in [-0.2, 0) is 11.2 Å². The van der Waals surface area contributed by atoms with Crippen LogP contribution >= 0.6 is 0 Å². The summed E-state index contributed by atoms with van der Waals surface area (Å²) >= 11 is 0. The molecule has 1 aromatic carbocycles. The van der Waals surface area contributed by atoms with Crippen molar-refractivity contribution in [3.05, 3.63) is 47.8 Å². The number of aromatic nitrogens is 1. The number of aryl methyl sites for hydroxylation is 1. The fourth-order valence-electron chi connectivity index (χ4n) is 3.30. The maximum atomic E-state index is 12.3. The Balaban J connectivity index is 1.61. The molecule has 2 aliphatic heterocycles. The summed E-state index contributed by atoms with van der Waals surface area (Å²) < 4.78 is 0. The van der Waals surface area contributed by atoms with Crippen LogP contribution in [0.4, 0.5) is 5.69 Å². The summed E-state index contributed by atoms with van der Waals surface area (Å²) in [5.41, 5.74) is 5.37. The molecule has 0 saturated carbocycles. The average Bonchev–Trinajstić information content (AvgIpc) is 2.81. The van der Waals surface area contributed by atoms with Gasteiger partial charge in [-0.2, -0.15) is 0 Å². The van der Waals surface area contributed by atoms with Crippen molar-refractivity contribution in [1.82, 2.24) is 9.88 Å². The third-order valence-corrected chi connectivity index (χ3v) is 4.80. The molecule has 1 amide bonds. The summed E-state index contributed by atoms with van der Waals surface area (Å²) in [6.07, 6.45) is 3.60. The van der Waals surface area contributed by atoms with E-state index in [1.807, 2.05) is 11.1 Å². The van der Waals surface area contributed by atoms with Gasteiger partial charge in [0.15, 0.2) is 0 Å². The summed E-state index contributed by atoms with van der Waals surface area (Å²) in [4.78, 5) is 21.2. The van der Waals surface area contributed by atoms with Crippen molar-refractivity contribution < 1.29 is 4.79 Å². The third-order valence-electron chi connectivity index (χ3n) is 4.80. The number of rotatable bonds is 4. The minimum absolute atomic E-state index is 0.175. The van der Waals surface area contributed by atoms with Crippen molar-refractivity contribution in [1.29, 1.82) is 0 Å². The van der Waals surface area contributed by atoms with Crippen molar-refractivity contribution in [2.75, 3.05) is 31.1 Å². The standard InChI is InChI=1S/C19H21N3O/c1-14-4-2-5-15(10-14)16-11-18-17(20-13-16)12-19(23)22(18)9-8-21-6-3-7-21/h2,4-5,10-11,13H,3,6-9,12H2,1H3. The number of nitrogens with zero attached hydrogens (tertiary/aromatic N) is 3. The Morgan fingerprint density at radius 3 is 2.74 bits per heavy atom. The van der Waals surface area contributed by atoms with Gasteiger partial charge in [0, 0.05) is 24.8 Å². The fourth-order valence-corrected chi connectivity index (χ4v) is 3.30. The van der Waals surface area contributed by atoms with Gasteiger partial charge < -0.3 is 9.80 Å². The van der Waals surface area contributed by atoms with Gasteiger partial charge in [0.2, 0.25) is 5.91 Å². The molecule has 0 spiro atoms. The molecule has 0 aliphatic carbocycles. The van der Waals surface area contributed by atoms with E-state index in [0.717, 1.165) is 48.7 Å². The minimum Gasteiger partial charge on any atom is -0.309 e. The highest BCUT2D eigenvalue weighted by Gasteiger charge is 2.29. The lowest BCUT2D eigenvalue weighted by Gasteiger charge is -2.32. The molecule has 4 rings (SSSR count). The second-order valence-corrected chi connectivity index (χ2v) is 6.48. The van der Waals surface area contributed by atoms with Crippen molar-refractivity contribution in [2.45, 2.75) is 19.8 Å². The molecule has 1 fully saturated rings. The molecule has 4 nitrogen and oxygen atoms in total. The van der Waals surface area contributed by atoms with Crippen LogP contribution in [0.5, 0.6) is 0 Å².